The molecule has 0 spiro atoms. The number of fused-ring (bicyclic) bond motifs is 2. The van der Waals surface area contributed by atoms with Crippen molar-refractivity contribution in [1.82, 2.24) is 33.8 Å². The predicted molar refractivity (Wildman–Crippen MR) is 156 cm³/mol. The van der Waals surface area contributed by atoms with Gasteiger partial charge in [-0.2, -0.15) is 4.98 Å². The minimum absolute atomic E-state index is 0.162. The third-order valence-corrected chi connectivity index (χ3v) is 7.33. The van der Waals surface area contributed by atoms with E-state index in [0.29, 0.717) is 23.5 Å². The first-order chi connectivity index (χ1) is 18.9. The summed E-state index contributed by atoms with van der Waals surface area (Å²) in [6.07, 6.45) is 5.16. The summed E-state index contributed by atoms with van der Waals surface area (Å²) in [7, 11) is 2.16. The first-order valence-electron chi connectivity index (χ1n) is 13.3. The fourth-order valence-corrected chi connectivity index (χ4v) is 5.15. The van der Waals surface area contributed by atoms with Crippen LogP contribution < -0.4 is 15.8 Å². The van der Waals surface area contributed by atoms with E-state index >= 15 is 0 Å². The van der Waals surface area contributed by atoms with Crippen molar-refractivity contribution in [3.63, 3.8) is 0 Å². The first kappa shape index (κ1) is 24.9. The van der Waals surface area contributed by atoms with Crippen molar-refractivity contribution in [3.8, 4) is 5.69 Å². The zero-order valence-electron chi connectivity index (χ0n) is 22.6. The summed E-state index contributed by atoms with van der Waals surface area (Å²) < 4.78 is 5.60. The Morgan fingerprint density at radius 2 is 1.77 bits per heavy atom. The Hall–Kier alpha value is -4.44. The fraction of sp³-hybridized carbons (Fsp3) is 0.310. The highest BCUT2D eigenvalue weighted by Gasteiger charge is 2.19. The van der Waals surface area contributed by atoms with Gasteiger partial charge in [0.1, 0.15) is 5.39 Å². The van der Waals surface area contributed by atoms with Crippen LogP contribution in [0.3, 0.4) is 0 Å². The molecule has 2 aromatic carbocycles. The third-order valence-electron chi connectivity index (χ3n) is 7.33. The van der Waals surface area contributed by atoms with Gasteiger partial charge in [-0.1, -0.05) is 6.08 Å². The Morgan fingerprint density at radius 3 is 2.49 bits per heavy atom. The SMILES string of the molecule is C=CCn1c(=O)c2cnc(Nc3ccc(N4CCN(C)CC4)cc3)nc2n1-c1ccc2ncn(C(C)C)c2c1. The van der Waals surface area contributed by atoms with E-state index in [1.807, 2.05) is 41.3 Å². The van der Waals surface area contributed by atoms with Crippen LogP contribution >= 0.6 is 0 Å². The average Bonchev–Trinajstić information content (AvgIpc) is 3.48. The molecule has 0 aliphatic carbocycles. The van der Waals surface area contributed by atoms with Crippen LogP contribution in [0.15, 0.2) is 72.4 Å². The molecule has 0 amide bonds. The number of nitrogens with one attached hydrogen (secondary N) is 1. The van der Waals surface area contributed by atoms with E-state index < -0.39 is 0 Å². The summed E-state index contributed by atoms with van der Waals surface area (Å²) in [6, 6.07) is 14.6. The van der Waals surface area contributed by atoms with Gasteiger partial charge in [0.05, 0.1) is 29.6 Å². The highest BCUT2D eigenvalue weighted by Crippen LogP contribution is 2.25. The maximum absolute atomic E-state index is 13.3. The Labute approximate surface area is 226 Å². The van der Waals surface area contributed by atoms with E-state index in [4.69, 9.17) is 4.98 Å². The molecule has 0 saturated carbocycles. The van der Waals surface area contributed by atoms with E-state index in [1.165, 1.54) is 5.69 Å². The monoisotopic (exact) mass is 523 g/mol. The molecule has 5 aromatic rings. The first-order valence-corrected chi connectivity index (χ1v) is 13.3. The van der Waals surface area contributed by atoms with Crippen molar-refractivity contribution in [3.05, 3.63) is 78.0 Å². The summed E-state index contributed by atoms with van der Waals surface area (Å²) >= 11 is 0. The second-order valence-electron chi connectivity index (χ2n) is 10.3. The molecule has 0 atom stereocenters. The number of aromatic nitrogens is 6. The second kappa shape index (κ2) is 10.0. The Morgan fingerprint density at radius 1 is 1.03 bits per heavy atom. The lowest BCUT2D eigenvalue weighted by Gasteiger charge is -2.34. The molecule has 1 N–H and O–H groups in total. The minimum atomic E-state index is -0.162. The number of imidazole rings is 1. The van der Waals surface area contributed by atoms with Gasteiger partial charge in [-0.05, 0) is 63.4 Å². The van der Waals surface area contributed by atoms with Gasteiger partial charge in [0.2, 0.25) is 5.95 Å². The van der Waals surface area contributed by atoms with E-state index in [0.717, 1.165) is 48.6 Å². The van der Waals surface area contributed by atoms with Crippen LogP contribution in [-0.2, 0) is 6.54 Å². The molecule has 39 heavy (non-hydrogen) atoms. The van der Waals surface area contributed by atoms with Crippen LogP contribution in [0.25, 0.3) is 27.8 Å². The quantitative estimate of drug-likeness (QED) is 0.320. The predicted octanol–water partition coefficient (Wildman–Crippen LogP) is 4.19. The highest BCUT2D eigenvalue weighted by atomic mass is 16.1. The standard InChI is InChI=1S/C29H33N9O/c1-5-12-37-28(39)24-18-30-29(32-21-6-8-22(9-7-21)35-15-13-34(4)14-16-35)33-27(24)38(37)23-10-11-25-26(17-23)36(19-31-25)20(2)3/h5-11,17-20H,1,12-16H2,2-4H3,(H,30,32,33). The number of hydrogen-bond acceptors (Lipinski definition) is 7. The minimum Gasteiger partial charge on any atom is -0.369 e. The van der Waals surface area contributed by atoms with Crippen LogP contribution in [-0.4, -0.2) is 67.0 Å². The molecule has 10 nitrogen and oxygen atoms in total. The smallest absolute Gasteiger partial charge is 0.278 e. The Kier molecular flexibility index (Phi) is 6.40. The molecule has 3 aromatic heterocycles. The van der Waals surface area contributed by atoms with Gasteiger partial charge in [-0.3, -0.25) is 4.79 Å². The van der Waals surface area contributed by atoms with Crippen molar-refractivity contribution in [2.24, 2.45) is 0 Å². The van der Waals surface area contributed by atoms with Crippen molar-refractivity contribution in [1.29, 1.82) is 0 Å². The number of rotatable bonds is 7. The van der Waals surface area contributed by atoms with Crippen molar-refractivity contribution >= 4 is 39.4 Å². The van der Waals surface area contributed by atoms with Crippen LogP contribution in [0, 0.1) is 0 Å². The number of piperazine rings is 1. The van der Waals surface area contributed by atoms with Gasteiger partial charge in [0.15, 0.2) is 5.65 Å². The Balaban J connectivity index is 1.37. The van der Waals surface area contributed by atoms with E-state index in [2.05, 4.69) is 69.3 Å². The highest BCUT2D eigenvalue weighted by molar-refractivity contribution is 5.81. The molecule has 1 saturated heterocycles. The van der Waals surface area contributed by atoms with Gasteiger partial charge >= 0.3 is 0 Å². The van der Waals surface area contributed by atoms with Crippen LogP contribution in [0.5, 0.6) is 0 Å². The van der Waals surface area contributed by atoms with Gasteiger partial charge in [0.25, 0.3) is 5.56 Å². The number of allylic oxidation sites excluding steroid dienone is 1. The molecule has 1 fully saturated rings. The van der Waals surface area contributed by atoms with Gasteiger partial charge in [0, 0.05) is 49.8 Å². The normalized spacial score (nSPS) is 14.5. The van der Waals surface area contributed by atoms with Gasteiger partial charge in [-0.15, -0.1) is 6.58 Å². The summed E-state index contributed by atoms with van der Waals surface area (Å²) in [5, 5.41) is 3.76. The van der Waals surface area contributed by atoms with Crippen molar-refractivity contribution < 1.29 is 0 Å². The zero-order chi connectivity index (χ0) is 27.1. The van der Waals surface area contributed by atoms with E-state index in [1.54, 1.807) is 17.0 Å². The van der Waals surface area contributed by atoms with Crippen molar-refractivity contribution in [2.45, 2.75) is 26.4 Å². The summed E-state index contributed by atoms with van der Waals surface area (Å²) in [6.45, 7) is 12.6. The molecule has 4 heterocycles. The number of benzene rings is 2. The van der Waals surface area contributed by atoms with Crippen molar-refractivity contribution in [2.75, 3.05) is 43.4 Å². The second-order valence-corrected chi connectivity index (χ2v) is 10.3. The van der Waals surface area contributed by atoms with Gasteiger partial charge in [-0.25, -0.2) is 19.3 Å². The molecular weight excluding hydrogens is 490 g/mol. The lowest BCUT2D eigenvalue weighted by molar-refractivity contribution is 0.313. The molecule has 200 valence electrons. The fourth-order valence-electron chi connectivity index (χ4n) is 5.15. The molecule has 1 aliphatic rings. The molecule has 0 bridgehead atoms. The van der Waals surface area contributed by atoms with E-state index in [-0.39, 0.29) is 11.6 Å². The molecule has 6 rings (SSSR count). The van der Waals surface area contributed by atoms with Crippen LogP contribution in [0.1, 0.15) is 19.9 Å². The van der Waals surface area contributed by atoms with Gasteiger partial charge < -0.3 is 19.7 Å². The number of likely N-dealkylation sites (N-methyl/N-ethyl adjacent to an activating group) is 1. The lowest BCUT2D eigenvalue weighted by atomic mass is 10.2. The summed E-state index contributed by atoms with van der Waals surface area (Å²) in [5.41, 5.74) is 5.17. The Bertz CT molecular complexity index is 1700. The third kappa shape index (κ3) is 4.57. The zero-order valence-corrected chi connectivity index (χ0v) is 22.6. The van der Waals surface area contributed by atoms with Crippen LogP contribution in [0.2, 0.25) is 0 Å². The molecular formula is C29H33N9O. The average molecular weight is 524 g/mol. The molecule has 0 radical (unpaired) electrons. The molecule has 0 unspecified atom stereocenters. The summed E-state index contributed by atoms with van der Waals surface area (Å²) in [4.78, 5) is 31.9. The largest absolute Gasteiger partial charge is 0.369 e. The maximum Gasteiger partial charge on any atom is 0.278 e. The molecule has 10 heteroatoms. The molecule has 1 aliphatic heterocycles. The van der Waals surface area contributed by atoms with Crippen LogP contribution in [0.4, 0.5) is 17.3 Å². The number of nitrogens with zero attached hydrogens (tertiary/aromatic N) is 8. The number of hydrogen-bond donors (Lipinski definition) is 1. The lowest BCUT2D eigenvalue weighted by Crippen LogP contribution is -2.44. The summed E-state index contributed by atoms with van der Waals surface area (Å²) in [5.74, 6) is 0.424. The number of anilines is 3. The van der Waals surface area contributed by atoms with E-state index in [9.17, 15) is 4.79 Å². The topological polar surface area (TPSA) is 89.0 Å². The maximum atomic E-state index is 13.3.